The first-order valence-electron chi connectivity index (χ1n) is 5.76. The normalized spacial score (nSPS) is 12.2. The van der Waals surface area contributed by atoms with Crippen molar-refractivity contribution in [3.63, 3.8) is 0 Å². The van der Waals surface area contributed by atoms with Gasteiger partial charge >= 0.3 is 5.97 Å². The number of carbonyl (C=O) groups is 1. The molecule has 6 nitrogen and oxygen atoms in total. The van der Waals surface area contributed by atoms with Gasteiger partial charge in [-0.3, -0.25) is 0 Å². The molecule has 1 aromatic rings. The molecule has 0 amide bonds. The van der Waals surface area contributed by atoms with Gasteiger partial charge in [-0.25, -0.2) is 17.9 Å². The third kappa shape index (κ3) is 5.36. The zero-order chi connectivity index (χ0) is 15.6. The summed E-state index contributed by atoms with van der Waals surface area (Å²) < 4.78 is 24.9. The Morgan fingerprint density at radius 2 is 2.00 bits per heavy atom. The topological polar surface area (TPSA) is 95.5 Å². The van der Waals surface area contributed by atoms with Gasteiger partial charge in [0.2, 0.25) is 10.0 Å². The van der Waals surface area contributed by atoms with Gasteiger partial charge in [0.05, 0.1) is 16.8 Å². The van der Waals surface area contributed by atoms with Crippen molar-refractivity contribution in [2.24, 2.45) is 0 Å². The van der Waals surface area contributed by atoms with Crippen molar-refractivity contribution in [1.29, 1.82) is 0 Å². The van der Waals surface area contributed by atoms with Gasteiger partial charge in [0.1, 0.15) is 0 Å². The molecule has 0 aromatic heterocycles. The predicted molar refractivity (Wildman–Crippen MR) is 79.0 cm³/mol. The van der Waals surface area contributed by atoms with Crippen LogP contribution in [0, 0.1) is 0 Å². The molecule has 0 fully saturated rings. The first-order valence-corrected chi connectivity index (χ1v) is 8.03. The molecule has 0 radical (unpaired) electrons. The monoisotopic (exact) mass is 320 g/mol. The van der Waals surface area contributed by atoms with Gasteiger partial charge in [-0.05, 0) is 32.0 Å². The van der Waals surface area contributed by atoms with E-state index >= 15 is 0 Å². The van der Waals surface area contributed by atoms with Crippen molar-refractivity contribution in [3.8, 4) is 0 Å². The molecular formula is C12H17ClN2O4S. The van der Waals surface area contributed by atoms with Crippen molar-refractivity contribution < 1.29 is 18.3 Å². The highest BCUT2D eigenvalue weighted by Crippen LogP contribution is 2.21. The second-order valence-corrected chi connectivity index (χ2v) is 7.27. The molecule has 0 spiro atoms. The van der Waals surface area contributed by atoms with Crippen molar-refractivity contribution in [3.05, 3.63) is 28.8 Å². The molecule has 20 heavy (non-hydrogen) atoms. The van der Waals surface area contributed by atoms with E-state index in [1.807, 2.05) is 0 Å². The van der Waals surface area contributed by atoms with Crippen LogP contribution >= 0.6 is 11.6 Å². The zero-order valence-electron chi connectivity index (χ0n) is 11.4. The summed E-state index contributed by atoms with van der Waals surface area (Å²) in [5.41, 5.74) is -0.0555. The molecule has 0 heterocycles. The van der Waals surface area contributed by atoms with Crippen molar-refractivity contribution in [2.75, 3.05) is 18.1 Å². The minimum atomic E-state index is -3.31. The second kappa shape index (κ2) is 5.99. The number of rotatable bonds is 6. The number of anilines is 1. The van der Waals surface area contributed by atoms with Gasteiger partial charge in [-0.15, -0.1) is 0 Å². The Balaban J connectivity index is 2.76. The standard InChI is InChI=1S/C12H17ClN2O4S/c1-12(2,15-20(3,18)19)7-14-8-4-5-9(11(16)17)10(13)6-8/h4-6,14-15H,7H2,1-3H3,(H,16,17). The Labute approximate surface area is 123 Å². The van der Waals surface area contributed by atoms with Crippen LogP contribution in [0.1, 0.15) is 24.2 Å². The van der Waals surface area contributed by atoms with Crippen LogP contribution in [0.25, 0.3) is 0 Å². The van der Waals surface area contributed by atoms with Crippen LogP contribution in [0.15, 0.2) is 18.2 Å². The smallest absolute Gasteiger partial charge is 0.337 e. The number of hydrogen-bond donors (Lipinski definition) is 3. The highest BCUT2D eigenvalue weighted by molar-refractivity contribution is 7.88. The first-order chi connectivity index (χ1) is 9.00. The lowest BCUT2D eigenvalue weighted by Crippen LogP contribution is -2.47. The Morgan fingerprint density at radius 3 is 2.45 bits per heavy atom. The van der Waals surface area contributed by atoms with Crippen LogP contribution in [0.3, 0.4) is 0 Å². The fraction of sp³-hybridized carbons (Fsp3) is 0.417. The third-order valence-electron chi connectivity index (χ3n) is 2.40. The number of nitrogens with one attached hydrogen (secondary N) is 2. The maximum Gasteiger partial charge on any atom is 0.337 e. The maximum absolute atomic E-state index is 11.2. The van der Waals surface area contributed by atoms with Crippen LogP contribution < -0.4 is 10.0 Å². The summed E-state index contributed by atoms with van der Waals surface area (Å²) in [6, 6.07) is 4.46. The van der Waals surface area contributed by atoms with E-state index in [2.05, 4.69) is 10.0 Å². The van der Waals surface area contributed by atoms with E-state index in [0.717, 1.165) is 6.26 Å². The second-order valence-electron chi connectivity index (χ2n) is 5.11. The van der Waals surface area contributed by atoms with E-state index in [0.29, 0.717) is 12.2 Å². The molecule has 3 N–H and O–H groups in total. The van der Waals surface area contributed by atoms with E-state index in [4.69, 9.17) is 16.7 Å². The minimum absolute atomic E-state index is 0.0192. The van der Waals surface area contributed by atoms with Gasteiger partial charge in [0.25, 0.3) is 0 Å². The van der Waals surface area contributed by atoms with Crippen LogP contribution in [-0.2, 0) is 10.0 Å². The number of carboxylic acids is 1. The van der Waals surface area contributed by atoms with Crippen molar-refractivity contribution >= 4 is 33.3 Å². The van der Waals surface area contributed by atoms with Crippen molar-refractivity contribution in [1.82, 2.24) is 4.72 Å². The summed E-state index contributed by atoms with van der Waals surface area (Å²) in [6.45, 7) is 3.78. The zero-order valence-corrected chi connectivity index (χ0v) is 13.0. The van der Waals surface area contributed by atoms with Gasteiger partial charge in [0.15, 0.2) is 0 Å². The fourth-order valence-electron chi connectivity index (χ4n) is 1.66. The largest absolute Gasteiger partial charge is 0.478 e. The summed E-state index contributed by atoms with van der Waals surface area (Å²) in [5, 5.41) is 12.0. The fourth-order valence-corrected chi connectivity index (χ4v) is 3.00. The van der Waals surface area contributed by atoms with E-state index < -0.39 is 21.5 Å². The molecule has 0 saturated heterocycles. The molecule has 112 valence electrons. The van der Waals surface area contributed by atoms with Gasteiger partial charge in [-0.2, -0.15) is 0 Å². The van der Waals surface area contributed by atoms with E-state index in [1.54, 1.807) is 19.9 Å². The van der Waals surface area contributed by atoms with Crippen LogP contribution in [-0.4, -0.2) is 37.8 Å². The van der Waals surface area contributed by atoms with E-state index in [1.165, 1.54) is 12.1 Å². The Hall–Kier alpha value is -1.31. The number of benzene rings is 1. The average Bonchev–Trinajstić information content (AvgIpc) is 2.22. The molecule has 0 unspecified atom stereocenters. The SMILES string of the molecule is CC(C)(CNc1ccc(C(=O)O)c(Cl)c1)NS(C)(=O)=O. The molecule has 0 aliphatic heterocycles. The molecule has 0 aliphatic carbocycles. The number of hydrogen-bond acceptors (Lipinski definition) is 4. The lowest BCUT2D eigenvalue weighted by atomic mass is 10.1. The number of sulfonamides is 1. The maximum atomic E-state index is 11.2. The van der Waals surface area contributed by atoms with Gasteiger partial charge < -0.3 is 10.4 Å². The molecule has 0 atom stereocenters. The van der Waals surface area contributed by atoms with Crippen molar-refractivity contribution in [2.45, 2.75) is 19.4 Å². The van der Waals surface area contributed by atoms with Crippen LogP contribution in [0.2, 0.25) is 5.02 Å². The summed E-state index contributed by atoms with van der Waals surface area (Å²) in [6.07, 6.45) is 1.09. The number of halogens is 1. The minimum Gasteiger partial charge on any atom is -0.478 e. The summed E-state index contributed by atoms with van der Waals surface area (Å²) in [4.78, 5) is 10.8. The van der Waals surface area contributed by atoms with E-state index in [-0.39, 0.29) is 10.6 Å². The molecule has 0 saturated carbocycles. The highest BCUT2D eigenvalue weighted by Gasteiger charge is 2.21. The average molecular weight is 321 g/mol. The summed E-state index contributed by atoms with van der Waals surface area (Å²) in [7, 11) is -3.31. The van der Waals surface area contributed by atoms with Crippen LogP contribution in [0.4, 0.5) is 5.69 Å². The third-order valence-corrected chi connectivity index (χ3v) is 3.63. The van der Waals surface area contributed by atoms with Crippen LogP contribution in [0.5, 0.6) is 0 Å². The molecule has 1 aromatic carbocycles. The lowest BCUT2D eigenvalue weighted by molar-refractivity contribution is 0.0697. The Kier molecular flexibility index (Phi) is 5.01. The Bertz CT molecular complexity index is 614. The number of aromatic carboxylic acids is 1. The van der Waals surface area contributed by atoms with Gasteiger partial charge in [0, 0.05) is 17.8 Å². The Morgan fingerprint density at radius 1 is 1.40 bits per heavy atom. The molecule has 0 bridgehead atoms. The predicted octanol–water partition coefficient (Wildman–Crippen LogP) is 1.78. The highest BCUT2D eigenvalue weighted by atomic mass is 35.5. The molecule has 1 rings (SSSR count). The summed E-state index contributed by atoms with van der Waals surface area (Å²) in [5.74, 6) is -1.10. The summed E-state index contributed by atoms with van der Waals surface area (Å²) >= 11 is 5.85. The quantitative estimate of drug-likeness (QED) is 0.742. The van der Waals surface area contributed by atoms with Gasteiger partial charge in [-0.1, -0.05) is 11.6 Å². The molecule has 8 heteroatoms. The molecular weight excluding hydrogens is 304 g/mol. The molecule has 0 aliphatic rings. The lowest BCUT2D eigenvalue weighted by Gasteiger charge is -2.26. The number of carboxylic acid groups (broad SMARTS) is 1. The van der Waals surface area contributed by atoms with E-state index in [9.17, 15) is 13.2 Å². The first kappa shape index (κ1) is 16.7.